The van der Waals surface area contributed by atoms with Gasteiger partial charge in [0, 0.05) is 16.0 Å². The molecule has 0 atom stereocenters. The summed E-state index contributed by atoms with van der Waals surface area (Å²) in [4.78, 5) is 17.7. The number of amides is 1. The van der Waals surface area contributed by atoms with Crippen LogP contribution in [0.15, 0.2) is 12.3 Å². The fourth-order valence-corrected chi connectivity index (χ4v) is 3.45. The lowest BCUT2D eigenvalue weighted by Gasteiger charge is -2.38. The number of pyridine rings is 1. The first-order valence-corrected chi connectivity index (χ1v) is 7.64. The number of hydrogen-bond donors (Lipinski definition) is 0. The van der Waals surface area contributed by atoms with Crippen LogP contribution in [-0.2, 0) is 4.79 Å². The Morgan fingerprint density at radius 2 is 2.11 bits per heavy atom. The van der Waals surface area contributed by atoms with Crippen molar-refractivity contribution >= 4 is 34.2 Å². The molecule has 0 saturated heterocycles. The molecule has 1 saturated carbocycles. The Bertz CT molecular complexity index is 503. The van der Waals surface area contributed by atoms with Crippen LogP contribution >= 0.6 is 22.6 Å². The van der Waals surface area contributed by atoms with Crippen molar-refractivity contribution in [2.75, 3.05) is 11.5 Å². The molecular weight excluding hydrogens is 362 g/mol. The molecule has 0 bridgehead atoms. The van der Waals surface area contributed by atoms with Gasteiger partial charge in [0.1, 0.15) is 11.5 Å². The van der Waals surface area contributed by atoms with Crippen molar-refractivity contribution in [3.8, 4) is 5.88 Å². The van der Waals surface area contributed by atoms with Crippen molar-refractivity contribution in [1.82, 2.24) is 4.98 Å². The van der Waals surface area contributed by atoms with Gasteiger partial charge in [-0.3, -0.25) is 4.79 Å². The Hall–Kier alpha value is -0.920. The number of alkyl halides is 1. The van der Waals surface area contributed by atoms with E-state index in [0.29, 0.717) is 15.5 Å². The molecule has 0 N–H and O–H groups in total. The van der Waals surface area contributed by atoms with Crippen LogP contribution in [0.4, 0.5) is 10.1 Å². The summed E-state index contributed by atoms with van der Waals surface area (Å²) in [6, 6.07) is 1.49. The Kier molecular flexibility index (Phi) is 3.60. The van der Waals surface area contributed by atoms with Crippen LogP contribution in [0.2, 0.25) is 0 Å². The van der Waals surface area contributed by atoms with E-state index in [4.69, 9.17) is 4.74 Å². The van der Waals surface area contributed by atoms with E-state index < -0.39 is 5.82 Å². The van der Waals surface area contributed by atoms with Gasteiger partial charge in [0.15, 0.2) is 6.61 Å². The molecular formula is C13H14FIN2O2. The zero-order valence-corrected chi connectivity index (χ0v) is 12.5. The zero-order chi connectivity index (χ0) is 13.4. The predicted molar refractivity (Wildman–Crippen MR) is 77.2 cm³/mol. The first kappa shape index (κ1) is 13.1. The Morgan fingerprint density at radius 3 is 2.84 bits per heavy atom. The third kappa shape index (κ3) is 2.54. The van der Waals surface area contributed by atoms with E-state index in [-0.39, 0.29) is 18.6 Å². The minimum absolute atomic E-state index is 0.00417. The van der Waals surface area contributed by atoms with Gasteiger partial charge < -0.3 is 9.64 Å². The van der Waals surface area contributed by atoms with Crippen LogP contribution in [-0.4, -0.2) is 27.5 Å². The van der Waals surface area contributed by atoms with Crippen molar-refractivity contribution in [3.63, 3.8) is 0 Å². The highest BCUT2D eigenvalue weighted by Crippen LogP contribution is 2.36. The van der Waals surface area contributed by atoms with Crippen molar-refractivity contribution < 1.29 is 13.9 Å². The molecule has 3 rings (SSSR count). The summed E-state index contributed by atoms with van der Waals surface area (Å²) in [5.74, 6) is -0.181. The Morgan fingerprint density at radius 1 is 1.37 bits per heavy atom. The van der Waals surface area contributed by atoms with E-state index in [2.05, 4.69) is 27.6 Å². The molecule has 1 aromatic rings. The number of carbonyl (C=O) groups is 1. The van der Waals surface area contributed by atoms with E-state index >= 15 is 0 Å². The van der Waals surface area contributed by atoms with Crippen LogP contribution in [0.3, 0.4) is 0 Å². The molecule has 0 spiro atoms. The molecule has 0 radical (unpaired) electrons. The third-order valence-corrected chi connectivity index (χ3v) is 4.90. The van der Waals surface area contributed by atoms with Crippen molar-refractivity contribution in [2.45, 2.75) is 35.6 Å². The zero-order valence-electron chi connectivity index (χ0n) is 10.3. The van der Waals surface area contributed by atoms with Crippen LogP contribution in [0.25, 0.3) is 0 Å². The second kappa shape index (κ2) is 5.22. The van der Waals surface area contributed by atoms with Gasteiger partial charge >= 0.3 is 0 Å². The number of aromatic nitrogens is 1. The van der Waals surface area contributed by atoms with Crippen LogP contribution in [0.5, 0.6) is 5.88 Å². The van der Waals surface area contributed by atoms with Gasteiger partial charge in [-0.05, 0) is 25.7 Å². The Balaban J connectivity index is 1.92. The van der Waals surface area contributed by atoms with Crippen molar-refractivity contribution in [3.05, 3.63) is 18.1 Å². The molecule has 0 aromatic carbocycles. The summed E-state index contributed by atoms with van der Waals surface area (Å²) >= 11 is 2.45. The highest BCUT2D eigenvalue weighted by molar-refractivity contribution is 14.1. The van der Waals surface area contributed by atoms with Gasteiger partial charge in [0.25, 0.3) is 5.91 Å². The molecule has 2 heterocycles. The van der Waals surface area contributed by atoms with Crippen LogP contribution < -0.4 is 9.64 Å². The maximum Gasteiger partial charge on any atom is 0.265 e. The molecule has 4 nitrogen and oxygen atoms in total. The number of fused-ring (bicyclic) bond motifs is 1. The number of nitrogens with zero attached hydrogens (tertiary/aromatic N) is 2. The average Bonchev–Trinajstić information content (AvgIpc) is 2.40. The summed E-state index contributed by atoms with van der Waals surface area (Å²) in [6.07, 6.45) is 5.21. The van der Waals surface area contributed by atoms with E-state index in [1.807, 2.05) is 0 Å². The van der Waals surface area contributed by atoms with Gasteiger partial charge in [-0.2, -0.15) is 0 Å². The van der Waals surface area contributed by atoms with E-state index in [1.54, 1.807) is 4.90 Å². The van der Waals surface area contributed by atoms with E-state index in [0.717, 1.165) is 31.9 Å². The first-order chi connectivity index (χ1) is 9.15. The number of carbonyl (C=O) groups excluding carboxylic acids is 1. The maximum atomic E-state index is 13.4. The largest absolute Gasteiger partial charge is 0.466 e. The quantitative estimate of drug-likeness (QED) is 0.559. The summed E-state index contributed by atoms with van der Waals surface area (Å²) in [6.45, 7) is -0.00417. The highest BCUT2D eigenvalue weighted by Gasteiger charge is 2.34. The summed E-state index contributed by atoms with van der Waals surface area (Å²) in [5, 5.41) is 0. The van der Waals surface area contributed by atoms with Crippen molar-refractivity contribution in [1.29, 1.82) is 0 Å². The van der Waals surface area contributed by atoms with E-state index in [1.165, 1.54) is 6.07 Å². The third-order valence-electron chi connectivity index (χ3n) is 3.65. The molecule has 0 unspecified atom stereocenters. The lowest BCUT2D eigenvalue weighted by atomic mass is 9.93. The van der Waals surface area contributed by atoms with Crippen molar-refractivity contribution in [2.24, 2.45) is 0 Å². The summed E-state index contributed by atoms with van der Waals surface area (Å²) < 4.78 is 19.3. The highest BCUT2D eigenvalue weighted by atomic mass is 127. The normalized spacial score (nSPS) is 26.8. The smallest absolute Gasteiger partial charge is 0.265 e. The molecule has 1 fully saturated rings. The maximum absolute atomic E-state index is 13.4. The number of anilines is 1. The lowest BCUT2D eigenvalue weighted by Crippen LogP contribution is -2.47. The lowest BCUT2D eigenvalue weighted by molar-refractivity contribution is -0.122. The molecule has 102 valence electrons. The molecule has 2 aliphatic rings. The number of hydrogen-bond acceptors (Lipinski definition) is 3. The fourth-order valence-electron chi connectivity index (χ4n) is 2.73. The predicted octanol–water partition coefficient (Wildman–Crippen LogP) is 2.69. The summed E-state index contributed by atoms with van der Waals surface area (Å²) in [7, 11) is 0. The SMILES string of the molecule is O=C1COc2ncc(F)cc2N1C1CCC(I)CC1. The topological polar surface area (TPSA) is 42.4 Å². The number of ether oxygens (including phenoxy) is 1. The molecule has 1 aliphatic carbocycles. The first-order valence-electron chi connectivity index (χ1n) is 6.39. The van der Waals surface area contributed by atoms with Gasteiger partial charge in [-0.25, -0.2) is 9.37 Å². The molecule has 1 amide bonds. The number of halogens is 2. The van der Waals surface area contributed by atoms with Crippen LogP contribution in [0.1, 0.15) is 25.7 Å². The van der Waals surface area contributed by atoms with Gasteiger partial charge in [0.05, 0.1) is 6.20 Å². The standard InChI is InChI=1S/C13H14FIN2O2/c14-8-5-11-13(16-6-8)19-7-12(18)17(11)10-3-1-9(15)2-4-10/h5-6,9-10H,1-4,7H2. The Labute approximate surface area is 124 Å². The molecule has 1 aliphatic heterocycles. The van der Waals surface area contributed by atoms with E-state index in [9.17, 15) is 9.18 Å². The van der Waals surface area contributed by atoms with Gasteiger partial charge in [-0.15, -0.1) is 0 Å². The van der Waals surface area contributed by atoms with Crippen LogP contribution in [0, 0.1) is 5.82 Å². The molecule has 6 heteroatoms. The average molecular weight is 376 g/mol. The van der Waals surface area contributed by atoms with Gasteiger partial charge in [-0.1, -0.05) is 22.6 Å². The fraction of sp³-hybridized carbons (Fsp3) is 0.538. The molecule has 1 aromatic heterocycles. The minimum Gasteiger partial charge on any atom is -0.466 e. The second-order valence-electron chi connectivity index (χ2n) is 4.94. The van der Waals surface area contributed by atoms with Gasteiger partial charge in [0.2, 0.25) is 5.88 Å². The number of rotatable bonds is 1. The summed E-state index contributed by atoms with van der Waals surface area (Å²) in [5.41, 5.74) is 0.480. The molecule has 19 heavy (non-hydrogen) atoms. The minimum atomic E-state index is -0.440. The second-order valence-corrected chi connectivity index (χ2v) is 6.70. The monoisotopic (exact) mass is 376 g/mol.